The van der Waals surface area contributed by atoms with Crippen molar-refractivity contribution in [2.75, 3.05) is 6.54 Å². The van der Waals surface area contributed by atoms with Crippen LogP contribution in [-0.2, 0) is 0 Å². The van der Waals surface area contributed by atoms with Gasteiger partial charge in [-0.15, -0.1) is 0 Å². The Labute approximate surface area is 141 Å². The molecule has 0 atom stereocenters. The van der Waals surface area contributed by atoms with Gasteiger partial charge in [0.2, 0.25) is 0 Å². The molecular weight excluding hydrogens is 373 g/mol. The van der Waals surface area contributed by atoms with Gasteiger partial charge in [-0.25, -0.2) is 0 Å². The first-order valence-electron chi connectivity index (χ1n) is 6.04. The zero-order valence-corrected chi connectivity index (χ0v) is 13.9. The van der Waals surface area contributed by atoms with Crippen LogP contribution < -0.4 is 5.32 Å². The van der Waals surface area contributed by atoms with Crippen molar-refractivity contribution in [1.82, 2.24) is 5.32 Å². The fourth-order valence-electron chi connectivity index (χ4n) is 1.59. The second-order valence-electron chi connectivity index (χ2n) is 4.09. The van der Waals surface area contributed by atoms with Gasteiger partial charge in [0, 0.05) is 10.0 Å². The van der Waals surface area contributed by atoms with Gasteiger partial charge in [0.15, 0.2) is 0 Å². The monoisotopic (exact) mass is 381 g/mol. The minimum absolute atomic E-state index is 0.215. The van der Waals surface area contributed by atoms with E-state index in [0.717, 1.165) is 10.0 Å². The Morgan fingerprint density at radius 1 is 1.14 bits per heavy atom. The molecule has 2 rings (SSSR count). The first-order valence-corrected chi connectivity index (χ1v) is 7.59. The smallest absolute Gasteiger partial charge is 0.253 e. The first-order chi connectivity index (χ1) is 10.1. The van der Waals surface area contributed by atoms with Gasteiger partial charge < -0.3 is 5.32 Å². The molecule has 0 heterocycles. The van der Waals surface area contributed by atoms with Crippen LogP contribution in [0.1, 0.15) is 15.9 Å². The van der Waals surface area contributed by atoms with Crippen molar-refractivity contribution < 1.29 is 4.79 Å². The summed E-state index contributed by atoms with van der Waals surface area (Å²) in [6.07, 6.45) is 0. The highest BCUT2D eigenvalue weighted by Gasteiger charge is 2.09. The molecule has 0 aliphatic rings. The van der Waals surface area contributed by atoms with Gasteiger partial charge in [0.1, 0.15) is 0 Å². The maximum Gasteiger partial charge on any atom is 0.253 e. The average molecular weight is 383 g/mol. The summed E-state index contributed by atoms with van der Waals surface area (Å²) in [5.41, 5.74) is 1.14. The summed E-state index contributed by atoms with van der Waals surface area (Å²) in [7, 11) is 0. The molecule has 0 aliphatic carbocycles. The van der Waals surface area contributed by atoms with E-state index in [-0.39, 0.29) is 12.5 Å². The molecule has 2 nitrogen and oxygen atoms in total. The van der Waals surface area contributed by atoms with Crippen LogP contribution in [0.15, 0.2) is 46.9 Å². The van der Waals surface area contributed by atoms with Gasteiger partial charge in [-0.3, -0.25) is 4.79 Å². The SMILES string of the molecule is O=C(NCC#Cc1ccccc1Cl)c1cc(Br)ccc1Cl. The molecule has 0 saturated heterocycles. The lowest BCUT2D eigenvalue weighted by Gasteiger charge is -2.04. The number of amides is 1. The van der Waals surface area contributed by atoms with Crippen molar-refractivity contribution in [3.63, 3.8) is 0 Å². The molecule has 0 aromatic heterocycles. The molecule has 106 valence electrons. The summed E-state index contributed by atoms with van der Waals surface area (Å²) in [4.78, 5) is 12.0. The molecule has 0 fully saturated rings. The normalized spacial score (nSPS) is 9.67. The highest BCUT2D eigenvalue weighted by molar-refractivity contribution is 9.10. The van der Waals surface area contributed by atoms with Crippen molar-refractivity contribution in [3.05, 3.63) is 68.1 Å². The van der Waals surface area contributed by atoms with Crippen molar-refractivity contribution in [2.45, 2.75) is 0 Å². The minimum atomic E-state index is -0.269. The number of rotatable bonds is 2. The summed E-state index contributed by atoms with van der Waals surface area (Å²) in [5.74, 6) is 5.49. The van der Waals surface area contributed by atoms with Crippen LogP contribution in [0, 0.1) is 11.8 Å². The van der Waals surface area contributed by atoms with E-state index in [1.54, 1.807) is 24.3 Å². The summed E-state index contributed by atoms with van der Waals surface area (Å²) in [6, 6.07) is 12.4. The lowest BCUT2D eigenvalue weighted by Crippen LogP contribution is -2.23. The standard InChI is InChI=1S/C16H10BrCl2NO/c17-12-7-8-15(19)13(10-12)16(21)20-9-3-5-11-4-1-2-6-14(11)18/h1-2,4,6-8,10H,9H2,(H,20,21). The maximum atomic E-state index is 12.0. The molecule has 0 spiro atoms. The van der Waals surface area contributed by atoms with E-state index in [4.69, 9.17) is 23.2 Å². The Morgan fingerprint density at radius 3 is 2.67 bits per heavy atom. The lowest BCUT2D eigenvalue weighted by molar-refractivity contribution is 0.0959. The summed E-state index contributed by atoms with van der Waals surface area (Å²) in [5, 5.41) is 3.68. The van der Waals surface area contributed by atoms with Gasteiger partial charge in [-0.2, -0.15) is 0 Å². The molecule has 0 radical (unpaired) electrons. The quantitative estimate of drug-likeness (QED) is 0.759. The number of halogens is 3. The maximum absolute atomic E-state index is 12.0. The Bertz CT molecular complexity index is 735. The Morgan fingerprint density at radius 2 is 1.90 bits per heavy atom. The topological polar surface area (TPSA) is 29.1 Å². The number of carbonyl (C=O) groups excluding carboxylic acids is 1. The summed E-state index contributed by atoms with van der Waals surface area (Å²) in [6.45, 7) is 0.215. The number of hydrogen-bond acceptors (Lipinski definition) is 1. The number of nitrogens with one attached hydrogen (secondary N) is 1. The highest BCUT2D eigenvalue weighted by atomic mass is 79.9. The molecule has 2 aromatic rings. The average Bonchev–Trinajstić information content (AvgIpc) is 2.47. The molecule has 0 aliphatic heterocycles. The van der Waals surface area contributed by atoms with E-state index in [9.17, 15) is 4.79 Å². The summed E-state index contributed by atoms with van der Waals surface area (Å²) >= 11 is 15.3. The lowest BCUT2D eigenvalue weighted by atomic mass is 10.2. The Balaban J connectivity index is 2.00. The van der Waals surface area contributed by atoms with Crippen molar-refractivity contribution >= 4 is 45.0 Å². The van der Waals surface area contributed by atoms with E-state index in [1.807, 2.05) is 18.2 Å². The van der Waals surface area contributed by atoms with Gasteiger partial charge in [0.05, 0.1) is 22.2 Å². The molecule has 2 aromatic carbocycles. The van der Waals surface area contributed by atoms with Crippen molar-refractivity contribution in [1.29, 1.82) is 0 Å². The van der Waals surface area contributed by atoms with Crippen LogP contribution in [0.4, 0.5) is 0 Å². The van der Waals surface area contributed by atoms with Crippen LogP contribution >= 0.6 is 39.1 Å². The number of benzene rings is 2. The summed E-state index contributed by atoms with van der Waals surface area (Å²) < 4.78 is 0.791. The van der Waals surface area contributed by atoms with Crippen molar-refractivity contribution in [3.8, 4) is 11.8 Å². The third-order valence-electron chi connectivity index (χ3n) is 2.61. The van der Waals surface area contributed by atoms with Crippen molar-refractivity contribution in [2.24, 2.45) is 0 Å². The fraction of sp³-hybridized carbons (Fsp3) is 0.0625. The zero-order chi connectivity index (χ0) is 15.2. The number of carbonyl (C=O) groups is 1. The Kier molecular flexibility index (Phi) is 5.69. The van der Waals surface area contributed by atoms with Crippen LogP contribution in [-0.4, -0.2) is 12.5 Å². The fourth-order valence-corrected chi connectivity index (χ4v) is 2.34. The number of hydrogen-bond donors (Lipinski definition) is 1. The second-order valence-corrected chi connectivity index (χ2v) is 5.82. The van der Waals surface area contributed by atoms with E-state index in [1.165, 1.54) is 0 Å². The predicted molar refractivity (Wildman–Crippen MR) is 89.8 cm³/mol. The molecule has 0 saturated carbocycles. The Hall–Kier alpha value is -1.47. The molecule has 0 bridgehead atoms. The van der Waals surface area contributed by atoms with Gasteiger partial charge in [0.25, 0.3) is 5.91 Å². The third kappa shape index (κ3) is 4.50. The molecular formula is C16H10BrCl2NO. The first kappa shape index (κ1) is 15.9. The largest absolute Gasteiger partial charge is 0.341 e. The highest BCUT2D eigenvalue weighted by Crippen LogP contribution is 2.20. The van der Waals surface area contributed by atoms with Gasteiger partial charge >= 0.3 is 0 Å². The van der Waals surface area contributed by atoms with Crippen LogP contribution in [0.25, 0.3) is 0 Å². The molecule has 1 N–H and O–H groups in total. The zero-order valence-electron chi connectivity index (χ0n) is 10.8. The van der Waals surface area contributed by atoms with Gasteiger partial charge in [-0.1, -0.05) is 63.1 Å². The molecule has 21 heavy (non-hydrogen) atoms. The van der Waals surface area contributed by atoms with Crippen LogP contribution in [0.2, 0.25) is 10.0 Å². The third-order valence-corrected chi connectivity index (χ3v) is 3.76. The van der Waals surface area contributed by atoms with Gasteiger partial charge in [-0.05, 0) is 30.3 Å². The van der Waals surface area contributed by atoms with Crippen LogP contribution in [0.5, 0.6) is 0 Å². The van der Waals surface area contributed by atoms with Crippen LogP contribution in [0.3, 0.4) is 0 Å². The predicted octanol–water partition coefficient (Wildman–Crippen LogP) is 4.54. The molecule has 0 unspecified atom stereocenters. The molecule has 5 heteroatoms. The van der Waals surface area contributed by atoms with E-state index in [2.05, 4.69) is 33.1 Å². The second kappa shape index (κ2) is 7.51. The minimum Gasteiger partial charge on any atom is -0.341 e. The molecule has 1 amide bonds. The van der Waals surface area contributed by atoms with E-state index >= 15 is 0 Å². The van der Waals surface area contributed by atoms with E-state index in [0.29, 0.717) is 15.6 Å². The van der Waals surface area contributed by atoms with E-state index < -0.39 is 0 Å².